The fourth-order valence-corrected chi connectivity index (χ4v) is 0.139. The Hall–Kier alpha value is -1.06. The van der Waals surface area contributed by atoms with Crippen molar-refractivity contribution in [2.24, 2.45) is 0 Å². The molecule has 0 aromatic carbocycles. The summed E-state index contributed by atoms with van der Waals surface area (Å²) < 4.78 is 3.96. The van der Waals surface area contributed by atoms with E-state index in [-0.39, 0.29) is 6.47 Å². The van der Waals surface area contributed by atoms with E-state index in [2.05, 4.69) is 4.74 Å². The first-order valence-electron chi connectivity index (χ1n) is 1.98. The summed E-state index contributed by atoms with van der Waals surface area (Å²) >= 11 is 0. The first-order chi connectivity index (χ1) is 3.68. The number of hydrogen-bond donors (Lipinski definition) is 0. The number of ether oxygens (including phenoxy) is 1. The number of hydrogen-bond acceptors (Lipinski definition) is 4. The Labute approximate surface area is 46.1 Å². The molecule has 0 aliphatic carbocycles. The van der Waals surface area contributed by atoms with E-state index < -0.39 is 12.1 Å². The summed E-state index contributed by atoms with van der Waals surface area (Å²) in [5.41, 5.74) is 0. The lowest BCUT2D eigenvalue weighted by atomic mass is 10.4. The molecule has 1 unspecified atom stereocenters. The molecular formula is C4H5O4-. The molecule has 0 heterocycles. The third-order valence-corrected chi connectivity index (χ3v) is 0.592. The van der Waals surface area contributed by atoms with Crippen molar-refractivity contribution in [3.8, 4) is 0 Å². The van der Waals surface area contributed by atoms with Gasteiger partial charge in [-0.2, -0.15) is 0 Å². The van der Waals surface area contributed by atoms with Crippen LogP contribution in [0.5, 0.6) is 0 Å². The minimum atomic E-state index is -1.39. The van der Waals surface area contributed by atoms with Gasteiger partial charge in [0.05, 0.1) is 5.97 Å². The van der Waals surface area contributed by atoms with E-state index in [1.165, 1.54) is 6.92 Å². The zero-order valence-corrected chi connectivity index (χ0v) is 4.29. The molecule has 0 saturated carbocycles. The molecule has 0 fully saturated rings. The van der Waals surface area contributed by atoms with Crippen LogP contribution in [0.2, 0.25) is 0 Å². The van der Waals surface area contributed by atoms with Crippen molar-refractivity contribution in [3.05, 3.63) is 0 Å². The molecule has 0 rings (SSSR count). The predicted molar refractivity (Wildman–Crippen MR) is 21.6 cm³/mol. The van der Waals surface area contributed by atoms with E-state index >= 15 is 0 Å². The molecule has 0 aliphatic heterocycles. The van der Waals surface area contributed by atoms with Crippen molar-refractivity contribution in [2.45, 2.75) is 13.0 Å². The molecule has 4 heteroatoms. The topological polar surface area (TPSA) is 66.4 Å². The maximum atomic E-state index is 9.69. The third-order valence-electron chi connectivity index (χ3n) is 0.592. The second-order valence-electron chi connectivity index (χ2n) is 1.19. The van der Waals surface area contributed by atoms with Crippen LogP contribution in [0, 0.1) is 0 Å². The highest BCUT2D eigenvalue weighted by molar-refractivity contribution is 5.70. The molecule has 0 aromatic heterocycles. The van der Waals surface area contributed by atoms with E-state index in [0.29, 0.717) is 0 Å². The van der Waals surface area contributed by atoms with Gasteiger partial charge in [-0.15, -0.1) is 0 Å². The lowest BCUT2D eigenvalue weighted by molar-refractivity contribution is -0.314. The summed E-state index contributed by atoms with van der Waals surface area (Å²) in [7, 11) is 0. The van der Waals surface area contributed by atoms with E-state index in [4.69, 9.17) is 0 Å². The number of aliphatic carboxylic acids is 1. The molecule has 0 spiro atoms. The van der Waals surface area contributed by atoms with Crippen molar-refractivity contribution in [3.63, 3.8) is 0 Å². The van der Waals surface area contributed by atoms with Gasteiger partial charge in [0.25, 0.3) is 6.47 Å². The molecular weight excluding hydrogens is 112 g/mol. The van der Waals surface area contributed by atoms with Gasteiger partial charge in [0.15, 0.2) is 0 Å². The van der Waals surface area contributed by atoms with Crippen LogP contribution in [0.25, 0.3) is 0 Å². The minimum absolute atomic E-state index is 0.0699. The maximum absolute atomic E-state index is 9.69. The van der Waals surface area contributed by atoms with Gasteiger partial charge in [-0.05, 0) is 6.92 Å². The second-order valence-corrected chi connectivity index (χ2v) is 1.19. The maximum Gasteiger partial charge on any atom is 0.293 e. The van der Waals surface area contributed by atoms with Crippen LogP contribution in [0.15, 0.2) is 0 Å². The van der Waals surface area contributed by atoms with E-state index in [0.717, 1.165) is 0 Å². The Morgan fingerprint density at radius 3 is 2.50 bits per heavy atom. The van der Waals surface area contributed by atoms with Crippen LogP contribution in [0.3, 0.4) is 0 Å². The highest BCUT2D eigenvalue weighted by Gasteiger charge is 1.98. The number of carbonyl (C=O) groups excluding carboxylic acids is 2. The van der Waals surface area contributed by atoms with Crippen molar-refractivity contribution in [2.75, 3.05) is 0 Å². The van der Waals surface area contributed by atoms with Crippen LogP contribution >= 0.6 is 0 Å². The smallest absolute Gasteiger partial charge is 0.293 e. The number of carboxylic acids is 1. The summed E-state index contributed by atoms with van der Waals surface area (Å²) in [4.78, 5) is 19.1. The van der Waals surface area contributed by atoms with Gasteiger partial charge in [0.2, 0.25) is 0 Å². The normalized spacial score (nSPS) is 12.1. The van der Waals surface area contributed by atoms with Gasteiger partial charge in [0.1, 0.15) is 6.10 Å². The number of carbonyl (C=O) groups is 2. The highest BCUT2D eigenvalue weighted by atomic mass is 16.5. The quantitative estimate of drug-likeness (QED) is 0.413. The molecule has 8 heavy (non-hydrogen) atoms. The third kappa shape index (κ3) is 2.17. The Balaban J connectivity index is 3.46. The first-order valence-corrected chi connectivity index (χ1v) is 1.98. The number of rotatable bonds is 3. The minimum Gasteiger partial charge on any atom is -0.546 e. The largest absolute Gasteiger partial charge is 0.546 e. The first kappa shape index (κ1) is 6.94. The molecule has 0 bridgehead atoms. The van der Waals surface area contributed by atoms with E-state index in [1.807, 2.05) is 0 Å². The van der Waals surface area contributed by atoms with Gasteiger partial charge in [-0.25, -0.2) is 0 Å². The van der Waals surface area contributed by atoms with Crippen LogP contribution in [-0.2, 0) is 14.3 Å². The fourth-order valence-electron chi connectivity index (χ4n) is 0.139. The van der Waals surface area contributed by atoms with Gasteiger partial charge in [-0.1, -0.05) is 0 Å². The van der Waals surface area contributed by atoms with Gasteiger partial charge in [-0.3, -0.25) is 4.79 Å². The SMILES string of the molecule is CC(OC=O)C(=O)[O-]. The van der Waals surface area contributed by atoms with Gasteiger partial charge < -0.3 is 14.6 Å². The van der Waals surface area contributed by atoms with E-state index in [1.54, 1.807) is 0 Å². The van der Waals surface area contributed by atoms with Crippen molar-refractivity contribution in [1.29, 1.82) is 0 Å². The molecule has 0 amide bonds. The molecule has 0 radical (unpaired) electrons. The molecule has 0 aliphatic rings. The molecule has 46 valence electrons. The van der Waals surface area contributed by atoms with Crippen molar-refractivity contribution >= 4 is 12.4 Å². The van der Waals surface area contributed by atoms with Gasteiger partial charge in [0, 0.05) is 0 Å². The standard InChI is InChI=1S/C4H6O4/c1-3(4(6)7)8-2-5/h2-3H,1H3,(H,6,7)/p-1. The summed E-state index contributed by atoms with van der Waals surface area (Å²) in [5.74, 6) is -1.39. The van der Waals surface area contributed by atoms with Crippen LogP contribution in [0.1, 0.15) is 6.92 Å². The Morgan fingerprint density at radius 1 is 1.88 bits per heavy atom. The summed E-state index contributed by atoms with van der Waals surface area (Å²) in [6.45, 7) is 1.28. The molecule has 0 saturated heterocycles. The summed E-state index contributed by atoms with van der Waals surface area (Å²) in [6.07, 6.45) is -1.15. The summed E-state index contributed by atoms with van der Waals surface area (Å²) in [6, 6.07) is 0. The average Bonchev–Trinajstić information content (AvgIpc) is 1.67. The number of carboxylic acid groups (broad SMARTS) is 1. The van der Waals surface area contributed by atoms with Crippen LogP contribution < -0.4 is 5.11 Å². The molecule has 1 atom stereocenters. The fraction of sp³-hybridized carbons (Fsp3) is 0.500. The summed E-state index contributed by atoms with van der Waals surface area (Å²) in [5, 5.41) is 9.69. The molecule has 0 aromatic rings. The van der Waals surface area contributed by atoms with Crippen LogP contribution in [-0.4, -0.2) is 18.5 Å². The van der Waals surface area contributed by atoms with Crippen molar-refractivity contribution in [1.82, 2.24) is 0 Å². The lowest BCUT2D eigenvalue weighted by Crippen LogP contribution is -2.35. The Kier molecular flexibility index (Phi) is 2.61. The molecule has 4 nitrogen and oxygen atoms in total. The zero-order chi connectivity index (χ0) is 6.57. The zero-order valence-electron chi connectivity index (χ0n) is 4.29. The molecule has 0 N–H and O–H groups in total. The predicted octanol–water partition coefficient (Wildman–Crippen LogP) is -1.70. The average molecular weight is 117 g/mol. The Bertz CT molecular complexity index is 98.2. The lowest BCUT2D eigenvalue weighted by Gasteiger charge is -2.07. The monoisotopic (exact) mass is 117 g/mol. The van der Waals surface area contributed by atoms with Gasteiger partial charge >= 0.3 is 0 Å². The van der Waals surface area contributed by atoms with E-state index in [9.17, 15) is 14.7 Å². The second kappa shape index (κ2) is 3.01. The Morgan fingerprint density at radius 2 is 2.38 bits per heavy atom. The van der Waals surface area contributed by atoms with Crippen LogP contribution in [0.4, 0.5) is 0 Å². The van der Waals surface area contributed by atoms with Crippen molar-refractivity contribution < 1.29 is 19.4 Å². The highest BCUT2D eigenvalue weighted by Crippen LogP contribution is 1.81.